The van der Waals surface area contributed by atoms with Gasteiger partial charge in [-0.25, -0.2) is 4.98 Å². The zero-order valence-electron chi connectivity index (χ0n) is 19.7. The van der Waals surface area contributed by atoms with Gasteiger partial charge in [-0.15, -0.1) is 12.4 Å². The van der Waals surface area contributed by atoms with Crippen molar-refractivity contribution in [2.75, 3.05) is 25.0 Å². The second-order valence-corrected chi connectivity index (χ2v) is 9.09. The molecule has 0 radical (unpaired) electrons. The molecule has 35 heavy (non-hydrogen) atoms. The number of carboxylic acids is 1. The number of carbonyl (C=O) groups is 3. The summed E-state index contributed by atoms with van der Waals surface area (Å²) in [6, 6.07) is 12.6. The molecule has 0 bridgehead atoms. The molecule has 2 atom stereocenters. The molecular weight excluding hydrogens is 468 g/mol. The zero-order chi connectivity index (χ0) is 23.9. The number of pyridine rings is 1. The minimum atomic E-state index is -0.972. The van der Waals surface area contributed by atoms with Gasteiger partial charge in [0, 0.05) is 31.7 Å². The van der Waals surface area contributed by atoms with E-state index in [0.717, 1.165) is 42.9 Å². The molecule has 2 unspecified atom stereocenters. The molecule has 2 aromatic rings. The maximum atomic E-state index is 13.0. The predicted molar refractivity (Wildman–Crippen MR) is 135 cm³/mol. The number of benzene rings is 1. The Morgan fingerprint density at radius 2 is 1.94 bits per heavy atom. The van der Waals surface area contributed by atoms with Crippen molar-refractivity contribution in [1.29, 1.82) is 0 Å². The molecule has 4 rings (SSSR count). The molecule has 188 valence electrons. The van der Waals surface area contributed by atoms with Crippen molar-refractivity contribution in [1.82, 2.24) is 15.2 Å². The number of aliphatic carboxylic acids is 1. The lowest BCUT2D eigenvalue weighted by Gasteiger charge is -2.33. The van der Waals surface area contributed by atoms with Gasteiger partial charge in [0.05, 0.1) is 18.4 Å². The van der Waals surface area contributed by atoms with Crippen molar-refractivity contribution < 1.29 is 19.5 Å². The van der Waals surface area contributed by atoms with Crippen LogP contribution in [0.3, 0.4) is 0 Å². The molecule has 3 N–H and O–H groups in total. The molecule has 9 heteroatoms. The van der Waals surface area contributed by atoms with E-state index in [0.29, 0.717) is 32.4 Å². The quantitative estimate of drug-likeness (QED) is 0.512. The summed E-state index contributed by atoms with van der Waals surface area (Å²) in [5, 5.41) is 15.5. The van der Waals surface area contributed by atoms with Gasteiger partial charge in [-0.3, -0.25) is 14.4 Å². The van der Waals surface area contributed by atoms with Crippen LogP contribution in [0.4, 0.5) is 5.82 Å². The molecule has 8 nitrogen and oxygen atoms in total. The molecule has 1 fully saturated rings. The van der Waals surface area contributed by atoms with Gasteiger partial charge < -0.3 is 20.6 Å². The molecule has 0 spiro atoms. The van der Waals surface area contributed by atoms with Crippen molar-refractivity contribution in [3.63, 3.8) is 0 Å². The van der Waals surface area contributed by atoms with Crippen molar-refractivity contribution in [2.24, 2.45) is 5.92 Å². The third kappa shape index (κ3) is 7.18. The van der Waals surface area contributed by atoms with E-state index in [2.05, 4.69) is 21.7 Å². The Morgan fingerprint density at radius 3 is 2.71 bits per heavy atom. The smallest absolute Gasteiger partial charge is 0.305 e. The van der Waals surface area contributed by atoms with Crippen LogP contribution in [0, 0.1) is 5.92 Å². The van der Waals surface area contributed by atoms with Crippen molar-refractivity contribution >= 4 is 36.0 Å². The Hall–Kier alpha value is -3.13. The number of carboxylic acid groups (broad SMARTS) is 1. The second kappa shape index (κ2) is 12.5. The molecule has 3 heterocycles. The Balaban J connectivity index is 0.00000342. The van der Waals surface area contributed by atoms with E-state index in [4.69, 9.17) is 0 Å². The molecule has 1 saturated heterocycles. The molecule has 1 aromatic heterocycles. The minimum Gasteiger partial charge on any atom is -0.481 e. The van der Waals surface area contributed by atoms with E-state index in [1.165, 1.54) is 5.56 Å². The van der Waals surface area contributed by atoms with Gasteiger partial charge in [0.25, 0.3) is 0 Å². The van der Waals surface area contributed by atoms with Crippen molar-refractivity contribution in [3.8, 4) is 0 Å². The van der Waals surface area contributed by atoms with Crippen molar-refractivity contribution in [2.45, 2.75) is 51.0 Å². The van der Waals surface area contributed by atoms with Crippen LogP contribution in [0.1, 0.15) is 55.0 Å². The monoisotopic (exact) mass is 500 g/mol. The fourth-order valence-corrected chi connectivity index (χ4v) is 4.72. The maximum absolute atomic E-state index is 13.0. The van der Waals surface area contributed by atoms with Crippen LogP contribution in [-0.4, -0.2) is 52.4 Å². The van der Waals surface area contributed by atoms with Gasteiger partial charge in [0.1, 0.15) is 5.82 Å². The summed E-state index contributed by atoms with van der Waals surface area (Å²) in [5.41, 5.74) is 2.88. The summed E-state index contributed by atoms with van der Waals surface area (Å²) in [6.07, 6.45) is 4.30. The van der Waals surface area contributed by atoms with E-state index in [-0.39, 0.29) is 36.6 Å². The summed E-state index contributed by atoms with van der Waals surface area (Å²) in [6.45, 7) is 1.93. The van der Waals surface area contributed by atoms with Crippen LogP contribution in [0.15, 0.2) is 42.5 Å². The number of halogens is 1. The summed E-state index contributed by atoms with van der Waals surface area (Å²) in [4.78, 5) is 43.6. The SMILES string of the molecule is Cl.O=C(O)CC(NC(=O)C1CCCN(C(=O)CCc2ccc3c(n2)NCCC3)C1)c1ccccc1. The number of rotatable bonds is 8. The number of hydrogen-bond donors (Lipinski definition) is 3. The standard InChI is InChI=1S/C26H32N4O4.ClH/c31-23(13-12-21-11-10-19-8-4-14-27-25(19)28-21)30-15-5-9-20(17-30)26(34)29-22(16-24(32)33)18-6-2-1-3-7-18;/h1-3,6-7,10-11,20,22H,4-5,8-9,12-17H2,(H,27,28)(H,29,34)(H,32,33);1H. The van der Waals surface area contributed by atoms with Crippen LogP contribution in [0.2, 0.25) is 0 Å². The average molecular weight is 501 g/mol. The van der Waals surface area contributed by atoms with Crippen LogP contribution in [0.25, 0.3) is 0 Å². The molecule has 2 aliphatic rings. The molecule has 0 saturated carbocycles. The number of anilines is 1. The minimum absolute atomic E-state index is 0. The average Bonchev–Trinajstić information content (AvgIpc) is 2.87. The third-order valence-electron chi connectivity index (χ3n) is 6.59. The molecule has 1 aromatic carbocycles. The number of likely N-dealkylation sites (tertiary alicyclic amines) is 1. The summed E-state index contributed by atoms with van der Waals surface area (Å²) in [5.74, 6) is -0.560. The van der Waals surface area contributed by atoms with Gasteiger partial charge in [-0.1, -0.05) is 36.4 Å². The lowest BCUT2D eigenvalue weighted by Crippen LogP contribution is -2.46. The van der Waals surface area contributed by atoms with E-state index in [1.54, 1.807) is 4.90 Å². The van der Waals surface area contributed by atoms with Gasteiger partial charge >= 0.3 is 5.97 Å². The Morgan fingerprint density at radius 1 is 1.14 bits per heavy atom. The summed E-state index contributed by atoms with van der Waals surface area (Å²) in [7, 11) is 0. The highest BCUT2D eigenvalue weighted by atomic mass is 35.5. The number of aryl methyl sites for hydroxylation is 2. The number of fused-ring (bicyclic) bond motifs is 1. The first kappa shape index (κ1) is 26.5. The van der Waals surface area contributed by atoms with Gasteiger partial charge in [0.2, 0.25) is 11.8 Å². The Bertz CT molecular complexity index is 1030. The van der Waals surface area contributed by atoms with E-state index in [1.807, 2.05) is 36.4 Å². The van der Waals surface area contributed by atoms with Crippen molar-refractivity contribution in [3.05, 3.63) is 59.3 Å². The molecular formula is C26H33ClN4O4. The van der Waals surface area contributed by atoms with Crippen LogP contribution >= 0.6 is 12.4 Å². The third-order valence-corrected chi connectivity index (χ3v) is 6.59. The Labute approximate surface area is 211 Å². The number of hydrogen-bond acceptors (Lipinski definition) is 5. The number of aromatic nitrogens is 1. The highest BCUT2D eigenvalue weighted by molar-refractivity contribution is 5.85. The number of carbonyl (C=O) groups excluding carboxylic acids is 2. The van der Waals surface area contributed by atoms with Gasteiger partial charge in [-0.05, 0) is 49.3 Å². The first-order chi connectivity index (χ1) is 16.5. The van der Waals surface area contributed by atoms with Crippen LogP contribution < -0.4 is 10.6 Å². The van der Waals surface area contributed by atoms with E-state index >= 15 is 0 Å². The molecule has 0 aliphatic carbocycles. The molecule has 2 aliphatic heterocycles. The van der Waals surface area contributed by atoms with Crippen LogP contribution in [-0.2, 0) is 27.2 Å². The lowest BCUT2D eigenvalue weighted by molar-refractivity contribution is -0.138. The summed E-state index contributed by atoms with van der Waals surface area (Å²) >= 11 is 0. The Kier molecular flexibility index (Phi) is 9.48. The zero-order valence-corrected chi connectivity index (χ0v) is 20.6. The maximum Gasteiger partial charge on any atom is 0.305 e. The number of piperidine rings is 1. The largest absolute Gasteiger partial charge is 0.481 e. The highest BCUT2D eigenvalue weighted by Crippen LogP contribution is 2.23. The second-order valence-electron chi connectivity index (χ2n) is 9.09. The van der Waals surface area contributed by atoms with E-state index < -0.39 is 12.0 Å². The first-order valence-electron chi connectivity index (χ1n) is 12.1. The number of amides is 2. The normalized spacial score (nSPS) is 17.8. The van der Waals surface area contributed by atoms with Gasteiger partial charge in [0.15, 0.2) is 0 Å². The molecule has 2 amide bonds. The number of nitrogens with zero attached hydrogens (tertiary/aromatic N) is 2. The van der Waals surface area contributed by atoms with Crippen LogP contribution in [0.5, 0.6) is 0 Å². The summed E-state index contributed by atoms with van der Waals surface area (Å²) < 4.78 is 0. The predicted octanol–water partition coefficient (Wildman–Crippen LogP) is 3.36. The first-order valence-corrected chi connectivity index (χ1v) is 12.1. The highest BCUT2D eigenvalue weighted by Gasteiger charge is 2.30. The van der Waals surface area contributed by atoms with Gasteiger partial charge in [-0.2, -0.15) is 0 Å². The topological polar surface area (TPSA) is 112 Å². The lowest BCUT2D eigenvalue weighted by atomic mass is 9.95. The van der Waals surface area contributed by atoms with E-state index in [9.17, 15) is 19.5 Å². The fraction of sp³-hybridized carbons (Fsp3) is 0.462. The fourth-order valence-electron chi connectivity index (χ4n) is 4.72. The number of nitrogens with one attached hydrogen (secondary N) is 2.